The Morgan fingerprint density at radius 2 is 1.56 bits per heavy atom. The van der Waals surface area contributed by atoms with Crippen LogP contribution < -0.4 is 5.32 Å². The summed E-state index contributed by atoms with van der Waals surface area (Å²) in [5.41, 5.74) is 3.04. The number of hydrogen-bond acceptors (Lipinski definition) is 1. The molecule has 1 heteroatoms. The summed E-state index contributed by atoms with van der Waals surface area (Å²) < 4.78 is 0. The van der Waals surface area contributed by atoms with Crippen molar-refractivity contribution in [3.05, 3.63) is 35.4 Å². The van der Waals surface area contributed by atoms with Gasteiger partial charge in [-0.2, -0.15) is 0 Å². The molecule has 102 valence electrons. The third-order valence-electron chi connectivity index (χ3n) is 3.45. The van der Waals surface area contributed by atoms with Crippen molar-refractivity contribution >= 4 is 0 Å². The van der Waals surface area contributed by atoms with Gasteiger partial charge in [0.25, 0.3) is 0 Å². The first kappa shape index (κ1) is 15.2. The van der Waals surface area contributed by atoms with Gasteiger partial charge in [-0.1, -0.05) is 50.5 Å². The minimum Gasteiger partial charge on any atom is -0.320 e. The lowest BCUT2D eigenvalue weighted by atomic mass is 10.0. The fraction of sp³-hybridized carbons (Fsp3) is 0.647. The van der Waals surface area contributed by atoms with Crippen LogP contribution in [0.3, 0.4) is 0 Å². The molecule has 0 saturated carbocycles. The predicted molar refractivity (Wildman–Crippen MR) is 81.2 cm³/mol. The van der Waals surface area contributed by atoms with Crippen LogP contribution in [-0.4, -0.2) is 13.6 Å². The molecule has 0 atom stereocenters. The summed E-state index contributed by atoms with van der Waals surface area (Å²) >= 11 is 0. The van der Waals surface area contributed by atoms with E-state index in [0.29, 0.717) is 0 Å². The largest absolute Gasteiger partial charge is 0.320 e. The van der Waals surface area contributed by atoms with Gasteiger partial charge in [-0.25, -0.2) is 0 Å². The number of nitrogens with one attached hydrogen (secondary N) is 1. The summed E-state index contributed by atoms with van der Waals surface area (Å²) in [6.07, 6.45) is 10.5. The second kappa shape index (κ2) is 10.1. The molecule has 0 radical (unpaired) electrons. The minimum atomic E-state index is 1.14. The van der Waals surface area contributed by atoms with Gasteiger partial charge in [-0.15, -0.1) is 0 Å². The third kappa shape index (κ3) is 6.80. The molecule has 0 aliphatic heterocycles. The Balaban J connectivity index is 2.27. The molecule has 1 nitrogen and oxygen atoms in total. The van der Waals surface area contributed by atoms with Gasteiger partial charge < -0.3 is 5.32 Å². The summed E-state index contributed by atoms with van der Waals surface area (Å²) in [4.78, 5) is 0. The van der Waals surface area contributed by atoms with Crippen LogP contribution in [0.5, 0.6) is 0 Å². The second-order valence-corrected chi connectivity index (χ2v) is 5.19. The zero-order valence-electron chi connectivity index (χ0n) is 12.2. The van der Waals surface area contributed by atoms with E-state index >= 15 is 0 Å². The number of benzene rings is 1. The normalized spacial score (nSPS) is 10.8. The Kier molecular flexibility index (Phi) is 8.58. The molecular weight excluding hydrogens is 218 g/mol. The van der Waals surface area contributed by atoms with Gasteiger partial charge in [0.15, 0.2) is 0 Å². The fourth-order valence-corrected chi connectivity index (χ4v) is 2.33. The van der Waals surface area contributed by atoms with Crippen LogP contribution in [0.15, 0.2) is 24.3 Å². The first-order valence-corrected chi connectivity index (χ1v) is 7.59. The van der Waals surface area contributed by atoms with Gasteiger partial charge in [0.05, 0.1) is 0 Å². The van der Waals surface area contributed by atoms with Crippen molar-refractivity contribution in [2.24, 2.45) is 0 Å². The standard InChI is InChI=1S/C17H29N/c1-3-4-5-6-10-16-12-9-13-17(15-16)11-7-8-14-18-2/h9,12-13,15,18H,3-8,10-11,14H2,1-2H3. The van der Waals surface area contributed by atoms with E-state index in [4.69, 9.17) is 0 Å². The average molecular weight is 247 g/mol. The monoisotopic (exact) mass is 247 g/mol. The van der Waals surface area contributed by atoms with Crippen molar-refractivity contribution in [2.45, 2.75) is 58.3 Å². The Morgan fingerprint density at radius 3 is 2.17 bits per heavy atom. The number of unbranched alkanes of at least 4 members (excludes halogenated alkanes) is 4. The highest BCUT2D eigenvalue weighted by Gasteiger charge is 1.97. The van der Waals surface area contributed by atoms with Crippen molar-refractivity contribution in [1.29, 1.82) is 0 Å². The second-order valence-electron chi connectivity index (χ2n) is 5.19. The van der Waals surface area contributed by atoms with E-state index in [1.807, 2.05) is 7.05 Å². The van der Waals surface area contributed by atoms with Gasteiger partial charge in [-0.05, 0) is 56.8 Å². The molecule has 0 fully saturated rings. The Bertz CT molecular complexity index is 279. The molecule has 0 amide bonds. The first-order valence-electron chi connectivity index (χ1n) is 7.59. The zero-order valence-corrected chi connectivity index (χ0v) is 12.2. The highest BCUT2D eigenvalue weighted by molar-refractivity contribution is 5.23. The van der Waals surface area contributed by atoms with Gasteiger partial charge in [0.1, 0.15) is 0 Å². The summed E-state index contributed by atoms with van der Waals surface area (Å²) in [7, 11) is 2.02. The van der Waals surface area contributed by atoms with Crippen LogP contribution in [0.2, 0.25) is 0 Å². The maximum atomic E-state index is 3.21. The quantitative estimate of drug-likeness (QED) is 0.606. The lowest BCUT2D eigenvalue weighted by molar-refractivity contribution is 0.664. The molecule has 0 aliphatic rings. The van der Waals surface area contributed by atoms with Crippen molar-refractivity contribution in [3.63, 3.8) is 0 Å². The minimum absolute atomic E-state index is 1.14. The van der Waals surface area contributed by atoms with E-state index in [1.54, 1.807) is 0 Å². The summed E-state index contributed by atoms with van der Waals surface area (Å²) in [6.45, 7) is 3.41. The van der Waals surface area contributed by atoms with Gasteiger partial charge >= 0.3 is 0 Å². The van der Waals surface area contributed by atoms with Crippen LogP contribution in [-0.2, 0) is 12.8 Å². The summed E-state index contributed by atoms with van der Waals surface area (Å²) in [5, 5.41) is 3.21. The predicted octanol–water partition coefficient (Wildman–Crippen LogP) is 4.35. The summed E-state index contributed by atoms with van der Waals surface area (Å²) in [5.74, 6) is 0. The topological polar surface area (TPSA) is 12.0 Å². The van der Waals surface area contributed by atoms with Crippen LogP contribution in [0.25, 0.3) is 0 Å². The average Bonchev–Trinajstić information content (AvgIpc) is 2.40. The Labute approximate surface area is 113 Å². The van der Waals surface area contributed by atoms with E-state index < -0.39 is 0 Å². The molecule has 1 aromatic carbocycles. The molecule has 1 N–H and O–H groups in total. The van der Waals surface area contributed by atoms with Gasteiger partial charge in [0.2, 0.25) is 0 Å². The van der Waals surface area contributed by atoms with Crippen molar-refractivity contribution in [2.75, 3.05) is 13.6 Å². The lowest BCUT2D eigenvalue weighted by Gasteiger charge is -2.05. The van der Waals surface area contributed by atoms with Crippen molar-refractivity contribution in [3.8, 4) is 0 Å². The van der Waals surface area contributed by atoms with Crippen molar-refractivity contribution < 1.29 is 0 Å². The van der Waals surface area contributed by atoms with Crippen molar-refractivity contribution in [1.82, 2.24) is 5.32 Å². The van der Waals surface area contributed by atoms with Gasteiger partial charge in [0, 0.05) is 0 Å². The Hall–Kier alpha value is -0.820. The molecule has 0 bridgehead atoms. The van der Waals surface area contributed by atoms with E-state index in [2.05, 4.69) is 36.5 Å². The molecule has 1 rings (SSSR count). The molecule has 0 unspecified atom stereocenters. The molecule has 0 aromatic heterocycles. The molecule has 0 aliphatic carbocycles. The van der Waals surface area contributed by atoms with E-state index in [9.17, 15) is 0 Å². The molecular formula is C17H29N. The van der Waals surface area contributed by atoms with Gasteiger partial charge in [-0.3, -0.25) is 0 Å². The number of aryl methyl sites for hydroxylation is 2. The molecule has 0 heterocycles. The fourth-order valence-electron chi connectivity index (χ4n) is 2.33. The number of rotatable bonds is 10. The maximum Gasteiger partial charge on any atom is -0.00518 e. The van der Waals surface area contributed by atoms with E-state index in [-0.39, 0.29) is 0 Å². The molecule has 1 aromatic rings. The molecule has 0 saturated heterocycles. The highest BCUT2D eigenvalue weighted by atomic mass is 14.8. The number of hydrogen-bond donors (Lipinski definition) is 1. The lowest BCUT2D eigenvalue weighted by Crippen LogP contribution is -2.07. The highest BCUT2D eigenvalue weighted by Crippen LogP contribution is 2.12. The smallest absolute Gasteiger partial charge is 0.00518 e. The zero-order chi connectivity index (χ0) is 13.1. The Morgan fingerprint density at radius 1 is 0.889 bits per heavy atom. The first-order chi connectivity index (χ1) is 8.86. The molecule has 18 heavy (non-hydrogen) atoms. The van der Waals surface area contributed by atoms with Crippen LogP contribution >= 0.6 is 0 Å². The third-order valence-corrected chi connectivity index (χ3v) is 3.45. The van der Waals surface area contributed by atoms with Crippen LogP contribution in [0.1, 0.15) is 56.6 Å². The van der Waals surface area contributed by atoms with Crippen LogP contribution in [0, 0.1) is 0 Å². The van der Waals surface area contributed by atoms with E-state index in [0.717, 1.165) is 6.54 Å². The van der Waals surface area contributed by atoms with Crippen LogP contribution in [0.4, 0.5) is 0 Å². The van der Waals surface area contributed by atoms with E-state index in [1.165, 1.54) is 62.5 Å². The SMILES string of the molecule is CCCCCCc1cccc(CCCCNC)c1. The maximum absolute atomic E-state index is 3.21. The molecule has 0 spiro atoms. The summed E-state index contributed by atoms with van der Waals surface area (Å²) in [6, 6.07) is 9.19.